The molecule has 0 bridgehead atoms. The summed E-state index contributed by atoms with van der Waals surface area (Å²) in [4.78, 5) is 14.1. The number of hydrogen-bond acceptors (Lipinski definition) is 4. The lowest BCUT2D eigenvalue weighted by atomic mass is 9.76. The maximum atomic E-state index is 13.2. The van der Waals surface area contributed by atoms with Crippen LogP contribution in [0.3, 0.4) is 0 Å². The van der Waals surface area contributed by atoms with E-state index in [0.29, 0.717) is 18.5 Å². The molecule has 1 aliphatic heterocycles. The number of benzene rings is 3. The van der Waals surface area contributed by atoms with Crippen LogP contribution >= 0.6 is 11.8 Å². The van der Waals surface area contributed by atoms with Gasteiger partial charge >= 0.3 is 0 Å². The second-order valence-electron chi connectivity index (χ2n) is 8.39. The van der Waals surface area contributed by atoms with Gasteiger partial charge in [0, 0.05) is 22.1 Å². The van der Waals surface area contributed by atoms with Crippen LogP contribution in [0.1, 0.15) is 34.8 Å². The van der Waals surface area contributed by atoms with Crippen LogP contribution in [0.2, 0.25) is 0 Å². The molecule has 166 valence electrons. The van der Waals surface area contributed by atoms with Crippen molar-refractivity contribution in [2.75, 3.05) is 18.1 Å². The van der Waals surface area contributed by atoms with Gasteiger partial charge in [0.2, 0.25) is 0 Å². The van der Waals surface area contributed by atoms with Gasteiger partial charge in [-0.3, -0.25) is 4.79 Å². The van der Waals surface area contributed by atoms with Gasteiger partial charge in [0.05, 0.1) is 17.1 Å². The van der Waals surface area contributed by atoms with E-state index in [0.717, 1.165) is 16.0 Å². The largest absolute Gasteiger partial charge is 0.351 e. The van der Waals surface area contributed by atoms with Gasteiger partial charge in [-0.05, 0) is 36.6 Å². The number of amides is 1. The summed E-state index contributed by atoms with van der Waals surface area (Å²) in [5.41, 5.74) is 2.46. The quantitative estimate of drug-likeness (QED) is 0.549. The van der Waals surface area contributed by atoms with E-state index in [1.165, 1.54) is 11.8 Å². The third-order valence-electron chi connectivity index (χ3n) is 6.04. The Morgan fingerprint density at radius 1 is 0.938 bits per heavy atom. The van der Waals surface area contributed by atoms with Crippen LogP contribution in [-0.2, 0) is 15.3 Å². The average Bonchev–Trinajstić information content (AvgIpc) is 3.16. The molecule has 4 rings (SSSR count). The molecule has 0 saturated carbocycles. The zero-order chi connectivity index (χ0) is 22.6. The van der Waals surface area contributed by atoms with Crippen molar-refractivity contribution < 1.29 is 13.2 Å². The number of carbonyl (C=O) groups excluding carboxylic acids is 1. The second-order valence-corrected chi connectivity index (χ2v) is 12.0. The molecule has 1 atom stereocenters. The Morgan fingerprint density at radius 2 is 1.50 bits per heavy atom. The van der Waals surface area contributed by atoms with E-state index in [1.807, 2.05) is 60.7 Å². The maximum Gasteiger partial charge on any atom is 0.252 e. The lowest BCUT2D eigenvalue weighted by Gasteiger charge is -2.31. The summed E-state index contributed by atoms with van der Waals surface area (Å²) in [6, 6.07) is 27.8. The third-order valence-corrected chi connectivity index (χ3v) is 9.36. The van der Waals surface area contributed by atoms with Crippen LogP contribution < -0.4 is 5.32 Å². The minimum atomic E-state index is -2.96. The first kappa shape index (κ1) is 22.6. The van der Waals surface area contributed by atoms with Crippen molar-refractivity contribution in [1.82, 2.24) is 5.32 Å². The topological polar surface area (TPSA) is 63.2 Å². The van der Waals surface area contributed by atoms with Crippen molar-refractivity contribution in [2.24, 2.45) is 0 Å². The molecular weight excluding hydrogens is 438 g/mol. The molecule has 0 radical (unpaired) electrons. The third kappa shape index (κ3) is 5.08. The van der Waals surface area contributed by atoms with Crippen LogP contribution in [0, 0.1) is 0 Å². The van der Waals surface area contributed by atoms with Gasteiger partial charge in [-0.2, -0.15) is 0 Å². The van der Waals surface area contributed by atoms with E-state index in [2.05, 4.69) is 36.5 Å². The molecule has 32 heavy (non-hydrogen) atoms. The fraction of sp³-hybridized carbons (Fsp3) is 0.269. The zero-order valence-electron chi connectivity index (χ0n) is 18.0. The van der Waals surface area contributed by atoms with Gasteiger partial charge < -0.3 is 5.32 Å². The van der Waals surface area contributed by atoms with Gasteiger partial charge in [0.25, 0.3) is 5.91 Å². The summed E-state index contributed by atoms with van der Waals surface area (Å²) >= 11 is 1.49. The molecule has 1 saturated heterocycles. The molecule has 3 aromatic carbocycles. The van der Waals surface area contributed by atoms with Gasteiger partial charge in [-0.15, -0.1) is 11.8 Å². The molecule has 1 N–H and O–H groups in total. The van der Waals surface area contributed by atoms with Gasteiger partial charge in [-0.1, -0.05) is 72.8 Å². The summed E-state index contributed by atoms with van der Waals surface area (Å²) in [5.74, 6) is 0.256. The SMILES string of the molecule is CC(CNC(=O)c1ccccc1SC1CCS(=O)(=O)C1)(c1ccccc1)c1ccccc1. The molecular formula is C26H27NO3S2. The number of thioether (sulfide) groups is 1. The molecule has 6 heteroatoms. The van der Waals surface area contributed by atoms with Crippen molar-refractivity contribution in [1.29, 1.82) is 0 Å². The minimum Gasteiger partial charge on any atom is -0.351 e. The number of rotatable bonds is 7. The molecule has 0 spiro atoms. The Morgan fingerprint density at radius 3 is 2.06 bits per heavy atom. The number of hydrogen-bond donors (Lipinski definition) is 1. The van der Waals surface area contributed by atoms with Crippen molar-refractivity contribution in [3.8, 4) is 0 Å². The molecule has 1 heterocycles. The fourth-order valence-electron chi connectivity index (χ4n) is 4.13. The first-order valence-corrected chi connectivity index (χ1v) is 13.4. The average molecular weight is 466 g/mol. The predicted molar refractivity (Wildman–Crippen MR) is 131 cm³/mol. The molecule has 4 nitrogen and oxygen atoms in total. The van der Waals surface area contributed by atoms with Crippen LogP contribution in [0.5, 0.6) is 0 Å². The van der Waals surface area contributed by atoms with E-state index in [4.69, 9.17) is 0 Å². The number of sulfone groups is 1. The lowest BCUT2D eigenvalue weighted by molar-refractivity contribution is 0.0944. The smallest absolute Gasteiger partial charge is 0.252 e. The van der Waals surface area contributed by atoms with Crippen molar-refractivity contribution in [3.05, 3.63) is 102 Å². The summed E-state index contributed by atoms with van der Waals surface area (Å²) < 4.78 is 23.7. The standard InChI is InChI=1S/C26H27NO3S2/c1-26(20-10-4-2-5-11-20,21-12-6-3-7-13-21)19-27-25(28)23-14-8-9-15-24(23)31-22-16-17-32(29,30)18-22/h2-15,22H,16-19H2,1H3,(H,27,28). The molecule has 0 aromatic heterocycles. The van der Waals surface area contributed by atoms with E-state index >= 15 is 0 Å². The highest BCUT2D eigenvalue weighted by molar-refractivity contribution is 8.02. The van der Waals surface area contributed by atoms with Gasteiger partial charge in [0.1, 0.15) is 0 Å². The summed E-state index contributed by atoms with van der Waals surface area (Å²) in [7, 11) is -2.96. The molecule has 3 aromatic rings. The summed E-state index contributed by atoms with van der Waals surface area (Å²) in [5, 5.41) is 3.14. The highest BCUT2D eigenvalue weighted by atomic mass is 32.2. The molecule has 1 unspecified atom stereocenters. The predicted octanol–water partition coefficient (Wildman–Crippen LogP) is 4.70. The fourth-order valence-corrected chi connectivity index (χ4v) is 7.75. The van der Waals surface area contributed by atoms with Crippen molar-refractivity contribution >= 4 is 27.5 Å². The molecule has 1 fully saturated rings. The van der Waals surface area contributed by atoms with E-state index in [9.17, 15) is 13.2 Å². The molecule has 1 aliphatic rings. The minimum absolute atomic E-state index is 0.00662. The first-order chi connectivity index (χ1) is 15.4. The zero-order valence-corrected chi connectivity index (χ0v) is 19.7. The monoisotopic (exact) mass is 465 g/mol. The van der Waals surface area contributed by atoms with Gasteiger partial charge in [0.15, 0.2) is 9.84 Å². The highest BCUT2D eigenvalue weighted by Gasteiger charge is 2.31. The van der Waals surface area contributed by atoms with Crippen LogP contribution in [0.4, 0.5) is 0 Å². The first-order valence-electron chi connectivity index (χ1n) is 10.7. The van der Waals surface area contributed by atoms with E-state index in [1.54, 1.807) is 0 Å². The molecule has 0 aliphatic carbocycles. The Labute approximate surface area is 194 Å². The van der Waals surface area contributed by atoms with Crippen LogP contribution in [0.25, 0.3) is 0 Å². The summed E-state index contributed by atoms with van der Waals surface area (Å²) in [6.07, 6.45) is 0.628. The Kier molecular flexibility index (Phi) is 6.72. The van der Waals surface area contributed by atoms with Crippen LogP contribution in [-0.4, -0.2) is 37.6 Å². The second kappa shape index (κ2) is 9.51. The van der Waals surface area contributed by atoms with Crippen molar-refractivity contribution in [2.45, 2.75) is 28.9 Å². The Bertz CT molecular complexity index is 1140. The Hall–Kier alpha value is -2.57. The van der Waals surface area contributed by atoms with E-state index < -0.39 is 9.84 Å². The molecule has 1 amide bonds. The van der Waals surface area contributed by atoms with Gasteiger partial charge in [-0.25, -0.2) is 8.42 Å². The number of carbonyl (C=O) groups is 1. The van der Waals surface area contributed by atoms with E-state index in [-0.39, 0.29) is 28.1 Å². The number of nitrogens with one attached hydrogen (secondary N) is 1. The lowest BCUT2D eigenvalue weighted by Crippen LogP contribution is -2.39. The maximum absolute atomic E-state index is 13.2. The Balaban J connectivity index is 1.55. The summed E-state index contributed by atoms with van der Waals surface area (Å²) in [6.45, 7) is 2.58. The normalized spacial score (nSPS) is 17.7. The van der Waals surface area contributed by atoms with Crippen molar-refractivity contribution in [3.63, 3.8) is 0 Å². The van der Waals surface area contributed by atoms with Crippen LogP contribution in [0.15, 0.2) is 89.8 Å². The highest BCUT2D eigenvalue weighted by Crippen LogP contribution is 2.34.